The molecule has 8 heteroatoms. The molecule has 0 radical (unpaired) electrons. The fraction of sp³-hybridized carbons (Fsp3) is 0.438. The Morgan fingerprint density at radius 1 is 1.12 bits per heavy atom. The van der Waals surface area contributed by atoms with Crippen LogP contribution in [0.15, 0.2) is 27.8 Å². The molecule has 2 heterocycles. The maximum Gasteiger partial charge on any atom is 0.277 e. The lowest BCUT2D eigenvalue weighted by atomic mass is 10.1. The van der Waals surface area contributed by atoms with Crippen molar-refractivity contribution in [3.8, 4) is 11.5 Å². The molecule has 0 unspecified atom stereocenters. The molecule has 0 aliphatic rings. The van der Waals surface area contributed by atoms with Crippen LogP contribution in [0.1, 0.15) is 36.7 Å². The summed E-state index contributed by atoms with van der Waals surface area (Å²) in [4.78, 5) is 0. The summed E-state index contributed by atoms with van der Waals surface area (Å²) in [5.41, 5.74) is 3.38. The molecular formula is C16H20N6OS. The van der Waals surface area contributed by atoms with Gasteiger partial charge < -0.3 is 4.42 Å². The molecule has 0 fully saturated rings. The van der Waals surface area contributed by atoms with E-state index < -0.39 is 0 Å². The Balaban J connectivity index is 1.66. The Labute approximate surface area is 144 Å². The average molecular weight is 344 g/mol. The second-order valence-electron chi connectivity index (χ2n) is 5.63. The molecule has 3 rings (SSSR count). The number of aryl methyl sites for hydroxylation is 3. The minimum atomic E-state index is 0.522. The second kappa shape index (κ2) is 7.57. The predicted molar refractivity (Wildman–Crippen MR) is 91.5 cm³/mol. The third kappa shape index (κ3) is 3.81. The number of hydrogen-bond acceptors (Lipinski definition) is 7. The van der Waals surface area contributed by atoms with Gasteiger partial charge in [-0.1, -0.05) is 31.2 Å². The van der Waals surface area contributed by atoms with E-state index in [0.29, 0.717) is 16.9 Å². The van der Waals surface area contributed by atoms with Gasteiger partial charge in [-0.2, -0.15) is 0 Å². The zero-order valence-corrected chi connectivity index (χ0v) is 14.9. The molecule has 0 atom stereocenters. The third-order valence-electron chi connectivity index (χ3n) is 3.81. The summed E-state index contributed by atoms with van der Waals surface area (Å²) in [5.74, 6) is 1.95. The highest BCUT2D eigenvalue weighted by Crippen LogP contribution is 2.26. The zero-order valence-electron chi connectivity index (χ0n) is 14.1. The van der Waals surface area contributed by atoms with E-state index in [2.05, 4.69) is 58.6 Å². The highest BCUT2D eigenvalue weighted by molar-refractivity contribution is 7.98. The first-order valence-electron chi connectivity index (χ1n) is 7.96. The van der Waals surface area contributed by atoms with Gasteiger partial charge in [0.1, 0.15) is 0 Å². The van der Waals surface area contributed by atoms with Crippen molar-refractivity contribution >= 4 is 11.8 Å². The lowest BCUT2D eigenvalue weighted by molar-refractivity contribution is 0.465. The van der Waals surface area contributed by atoms with Gasteiger partial charge in [-0.15, -0.1) is 15.3 Å². The first-order chi connectivity index (χ1) is 11.7. The highest BCUT2D eigenvalue weighted by Gasteiger charge is 2.12. The summed E-state index contributed by atoms with van der Waals surface area (Å²) in [6.07, 6.45) is 2.16. The number of unbranched alkanes of at least 4 members (excludes halogenated alkanes) is 1. The van der Waals surface area contributed by atoms with Gasteiger partial charge in [0.25, 0.3) is 5.22 Å². The fourth-order valence-electron chi connectivity index (χ4n) is 2.19. The topological polar surface area (TPSA) is 82.5 Å². The molecule has 0 aliphatic heterocycles. The van der Waals surface area contributed by atoms with Gasteiger partial charge in [-0.05, 0) is 54.0 Å². The molecule has 126 valence electrons. The van der Waals surface area contributed by atoms with Crippen LogP contribution >= 0.6 is 11.8 Å². The van der Waals surface area contributed by atoms with Crippen LogP contribution in [0.3, 0.4) is 0 Å². The summed E-state index contributed by atoms with van der Waals surface area (Å²) >= 11 is 1.45. The van der Waals surface area contributed by atoms with Crippen molar-refractivity contribution in [1.29, 1.82) is 0 Å². The number of thioether (sulfide) groups is 1. The Hall–Kier alpha value is -2.22. The molecule has 0 spiro atoms. The normalized spacial score (nSPS) is 11.1. The van der Waals surface area contributed by atoms with Crippen molar-refractivity contribution in [3.63, 3.8) is 0 Å². The molecule has 0 saturated carbocycles. The van der Waals surface area contributed by atoms with E-state index in [0.717, 1.165) is 30.8 Å². The first-order valence-corrected chi connectivity index (χ1v) is 8.95. The van der Waals surface area contributed by atoms with E-state index >= 15 is 0 Å². The van der Waals surface area contributed by atoms with Crippen molar-refractivity contribution in [2.75, 3.05) is 0 Å². The SMILES string of the molecule is CCCCn1nnnc1CSc1nnc(-c2ccc(C)c(C)c2)o1. The minimum absolute atomic E-state index is 0.522. The molecule has 0 amide bonds. The molecule has 0 aliphatic carbocycles. The minimum Gasteiger partial charge on any atom is -0.411 e. The zero-order chi connectivity index (χ0) is 16.9. The predicted octanol–water partition coefficient (Wildman–Crippen LogP) is 3.43. The van der Waals surface area contributed by atoms with Crippen LogP contribution < -0.4 is 0 Å². The fourth-order valence-corrected chi connectivity index (χ4v) is 2.89. The lowest BCUT2D eigenvalue weighted by Crippen LogP contribution is -2.04. The molecule has 0 N–H and O–H groups in total. The van der Waals surface area contributed by atoms with E-state index in [1.807, 2.05) is 10.7 Å². The highest BCUT2D eigenvalue weighted by atomic mass is 32.2. The maximum atomic E-state index is 5.75. The number of benzene rings is 1. The third-order valence-corrected chi connectivity index (χ3v) is 4.63. The van der Waals surface area contributed by atoms with E-state index in [4.69, 9.17) is 4.42 Å². The molecule has 0 saturated heterocycles. The van der Waals surface area contributed by atoms with Gasteiger partial charge in [0.2, 0.25) is 5.89 Å². The quantitative estimate of drug-likeness (QED) is 0.607. The van der Waals surface area contributed by atoms with Crippen LogP contribution in [-0.2, 0) is 12.3 Å². The Morgan fingerprint density at radius 2 is 2.00 bits per heavy atom. The van der Waals surface area contributed by atoms with Gasteiger partial charge in [0, 0.05) is 12.1 Å². The second-order valence-corrected chi connectivity index (χ2v) is 6.56. The van der Waals surface area contributed by atoms with E-state index in [-0.39, 0.29) is 0 Å². The van der Waals surface area contributed by atoms with E-state index in [1.54, 1.807) is 0 Å². The standard InChI is InChI=1S/C16H20N6OS/c1-4-5-8-22-14(17-20-21-22)10-24-16-19-18-15(23-16)13-7-6-11(2)12(3)9-13/h6-7,9H,4-5,8,10H2,1-3H3. The van der Waals surface area contributed by atoms with Crippen molar-refractivity contribution in [1.82, 2.24) is 30.4 Å². The van der Waals surface area contributed by atoms with E-state index in [9.17, 15) is 0 Å². The summed E-state index contributed by atoms with van der Waals surface area (Å²) in [5, 5.41) is 20.6. The summed E-state index contributed by atoms with van der Waals surface area (Å²) in [6.45, 7) is 7.13. The maximum absolute atomic E-state index is 5.75. The first kappa shape index (κ1) is 16.6. The molecule has 0 bridgehead atoms. The van der Waals surface area contributed by atoms with E-state index in [1.165, 1.54) is 22.9 Å². The average Bonchev–Trinajstić information content (AvgIpc) is 3.22. The summed E-state index contributed by atoms with van der Waals surface area (Å²) in [6, 6.07) is 6.11. The number of rotatable bonds is 7. The van der Waals surface area contributed by atoms with Gasteiger partial charge in [-0.25, -0.2) is 4.68 Å². The monoisotopic (exact) mass is 344 g/mol. The van der Waals surface area contributed by atoms with Crippen LogP contribution in [0.4, 0.5) is 0 Å². The Morgan fingerprint density at radius 3 is 2.79 bits per heavy atom. The smallest absolute Gasteiger partial charge is 0.277 e. The van der Waals surface area contributed by atoms with Gasteiger partial charge in [-0.3, -0.25) is 0 Å². The molecule has 2 aromatic heterocycles. The van der Waals surface area contributed by atoms with Crippen LogP contribution in [0.2, 0.25) is 0 Å². The molecule has 7 nitrogen and oxygen atoms in total. The van der Waals surface area contributed by atoms with Crippen molar-refractivity contribution < 1.29 is 4.42 Å². The number of hydrogen-bond donors (Lipinski definition) is 0. The number of nitrogens with zero attached hydrogens (tertiary/aromatic N) is 6. The summed E-state index contributed by atoms with van der Waals surface area (Å²) in [7, 11) is 0. The molecule has 24 heavy (non-hydrogen) atoms. The van der Waals surface area contributed by atoms with Gasteiger partial charge >= 0.3 is 0 Å². The Bertz CT molecular complexity index is 813. The Kier molecular flexibility index (Phi) is 5.24. The number of tetrazole rings is 1. The van der Waals surface area contributed by atoms with Crippen molar-refractivity contribution in [3.05, 3.63) is 35.2 Å². The lowest BCUT2D eigenvalue weighted by Gasteiger charge is -2.02. The van der Waals surface area contributed by atoms with Crippen LogP contribution in [-0.4, -0.2) is 30.4 Å². The number of aromatic nitrogens is 6. The van der Waals surface area contributed by atoms with Gasteiger partial charge in [0.15, 0.2) is 5.82 Å². The summed E-state index contributed by atoms with van der Waals surface area (Å²) < 4.78 is 7.58. The van der Waals surface area contributed by atoms with Gasteiger partial charge in [0.05, 0.1) is 5.75 Å². The molecule has 1 aromatic carbocycles. The van der Waals surface area contributed by atoms with Crippen LogP contribution in [0.5, 0.6) is 0 Å². The van der Waals surface area contributed by atoms with Crippen LogP contribution in [0, 0.1) is 13.8 Å². The van der Waals surface area contributed by atoms with Crippen molar-refractivity contribution in [2.24, 2.45) is 0 Å². The molecule has 3 aromatic rings. The molecular weight excluding hydrogens is 324 g/mol. The van der Waals surface area contributed by atoms with Crippen LogP contribution in [0.25, 0.3) is 11.5 Å². The largest absolute Gasteiger partial charge is 0.411 e. The van der Waals surface area contributed by atoms with Crippen molar-refractivity contribution in [2.45, 2.75) is 51.1 Å².